The first kappa shape index (κ1) is 18.6. The largest absolute Gasteiger partial charge is 0.498 e. The van der Waals surface area contributed by atoms with Crippen LogP contribution >= 0.6 is 0 Å². The van der Waals surface area contributed by atoms with Gasteiger partial charge in [0.1, 0.15) is 0 Å². The summed E-state index contributed by atoms with van der Waals surface area (Å²) in [5, 5.41) is 0. The Balaban J connectivity index is 1.69. The van der Waals surface area contributed by atoms with Gasteiger partial charge in [0, 0.05) is 0 Å². The number of allylic oxidation sites excluding steroid dienone is 1. The van der Waals surface area contributed by atoms with Gasteiger partial charge in [0.15, 0.2) is 17.5 Å². The van der Waals surface area contributed by atoms with E-state index in [0.29, 0.717) is 17.2 Å². The lowest BCUT2D eigenvalue weighted by atomic mass is 9.95. The molecule has 0 amide bonds. The van der Waals surface area contributed by atoms with Gasteiger partial charge in [-0.15, -0.1) is 0 Å². The molecule has 1 heterocycles. The predicted molar refractivity (Wildman–Crippen MR) is 98.0 cm³/mol. The van der Waals surface area contributed by atoms with Crippen LogP contribution in [0.25, 0.3) is 16.7 Å². The number of hydrogen-bond donors (Lipinski definition) is 0. The Labute approximate surface area is 152 Å². The van der Waals surface area contributed by atoms with Crippen LogP contribution in [0, 0.1) is 17.5 Å². The molecule has 0 saturated heterocycles. The first-order valence-electron chi connectivity index (χ1n) is 9.18. The van der Waals surface area contributed by atoms with Crippen molar-refractivity contribution in [3.63, 3.8) is 0 Å². The van der Waals surface area contributed by atoms with Crippen molar-refractivity contribution in [2.45, 2.75) is 51.6 Å². The molecule has 138 valence electrons. The van der Waals surface area contributed by atoms with E-state index < -0.39 is 17.5 Å². The second-order valence-corrected chi connectivity index (χ2v) is 6.77. The summed E-state index contributed by atoms with van der Waals surface area (Å²) in [5.41, 5.74) is 3.11. The zero-order valence-electron chi connectivity index (χ0n) is 14.9. The van der Waals surface area contributed by atoms with Crippen molar-refractivity contribution in [3.05, 3.63) is 65.7 Å². The number of halogens is 3. The molecule has 4 heteroatoms. The summed E-state index contributed by atoms with van der Waals surface area (Å²) in [4.78, 5) is 0. The lowest BCUT2D eigenvalue weighted by molar-refractivity contribution is 0.116. The zero-order valence-corrected chi connectivity index (χ0v) is 14.9. The predicted octanol–water partition coefficient (Wildman–Crippen LogP) is 6.87. The lowest BCUT2D eigenvalue weighted by Gasteiger charge is -2.23. The Morgan fingerprint density at radius 3 is 2.15 bits per heavy atom. The Kier molecular flexibility index (Phi) is 6.02. The van der Waals surface area contributed by atoms with Gasteiger partial charge in [-0.25, -0.2) is 13.2 Å². The molecular weight excluding hydrogens is 337 g/mol. The van der Waals surface area contributed by atoms with Crippen LogP contribution < -0.4 is 0 Å². The minimum Gasteiger partial charge on any atom is -0.498 e. The average Bonchev–Trinajstić information content (AvgIpc) is 2.67. The fourth-order valence-electron chi connectivity index (χ4n) is 3.27. The standard InChI is InChI=1S/C22H23F3O/c1-2-3-4-5-19-11-10-17(14-26-19)15-6-8-16(9-7-15)18-12-20(23)22(25)21(24)13-18/h6-9,12-14,19H,2-5,10-11H2,1H3. The van der Waals surface area contributed by atoms with Gasteiger partial charge in [0.2, 0.25) is 0 Å². The van der Waals surface area contributed by atoms with E-state index in [1.54, 1.807) is 12.1 Å². The molecule has 0 bridgehead atoms. The molecule has 1 nitrogen and oxygen atoms in total. The fourth-order valence-corrected chi connectivity index (χ4v) is 3.27. The molecular formula is C22H23F3O. The van der Waals surface area contributed by atoms with E-state index in [4.69, 9.17) is 4.74 Å². The third kappa shape index (κ3) is 4.29. The quantitative estimate of drug-likeness (QED) is 0.403. The summed E-state index contributed by atoms with van der Waals surface area (Å²) in [7, 11) is 0. The molecule has 0 N–H and O–H groups in total. The summed E-state index contributed by atoms with van der Waals surface area (Å²) in [5.74, 6) is -3.80. The Morgan fingerprint density at radius 2 is 1.58 bits per heavy atom. The molecule has 2 aromatic rings. The van der Waals surface area contributed by atoms with Crippen LogP contribution in [0.1, 0.15) is 51.0 Å². The smallest absolute Gasteiger partial charge is 0.194 e. The van der Waals surface area contributed by atoms with E-state index in [2.05, 4.69) is 6.92 Å². The highest BCUT2D eigenvalue weighted by Crippen LogP contribution is 2.30. The van der Waals surface area contributed by atoms with Crippen molar-refractivity contribution in [2.75, 3.05) is 0 Å². The van der Waals surface area contributed by atoms with Gasteiger partial charge in [-0.2, -0.15) is 0 Å². The SMILES string of the molecule is CCCCCC1CCC(c2ccc(-c3cc(F)c(F)c(F)c3)cc2)=CO1. The van der Waals surface area contributed by atoms with Gasteiger partial charge < -0.3 is 4.74 Å². The highest BCUT2D eigenvalue weighted by molar-refractivity contribution is 5.70. The van der Waals surface area contributed by atoms with E-state index in [0.717, 1.165) is 42.5 Å². The van der Waals surface area contributed by atoms with Crippen molar-refractivity contribution in [3.8, 4) is 11.1 Å². The zero-order chi connectivity index (χ0) is 18.5. The first-order chi connectivity index (χ1) is 12.6. The van der Waals surface area contributed by atoms with Crippen molar-refractivity contribution < 1.29 is 17.9 Å². The first-order valence-corrected chi connectivity index (χ1v) is 9.18. The minimum atomic E-state index is -1.44. The molecule has 0 spiro atoms. The van der Waals surface area contributed by atoms with Crippen LogP contribution in [0.5, 0.6) is 0 Å². The molecule has 1 unspecified atom stereocenters. The molecule has 0 aromatic heterocycles. The van der Waals surface area contributed by atoms with E-state index in [-0.39, 0.29) is 0 Å². The number of rotatable bonds is 6. The molecule has 1 aliphatic rings. The van der Waals surface area contributed by atoms with Gasteiger partial charge in [-0.05, 0) is 60.1 Å². The highest BCUT2D eigenvalue weighted by atomic mass is 19.2. The van der Waals surface area contributed by atoms with Gasteiger partial charge in [0.05, 0.1) is 12.4 Å². The molecule has 0 saturated carbocycles. The Hall–Kier alpha value is -2.23. The van der Waals surface area contributed by atoms with Gasteiger partial charge >= 0.3 is 0 Å². The van der Waals surface area contributed by atoms with Crippen LogP contribution in [0.4, 0.5) is 13.2 Å². The van der Waals surface area contributed by atoms with E-state index in [1.807, 2.05) is 18.4 Å². The van der Waals surface area contributed by atoms with Crippen LogP contribution in [0.15, 0.2) is 42.7 Å². The highest BCUT2D eigenvalue weighted by Gasteiger charge is 2.17. The summed E-state index contributed by atoms with van der Waals surface area (Å²) < 4.78 is 45.7. The minimum absolute atomic E-state index is 0.301. The third-order valence-corrected chi connectivity index (χ3v) is 4.84. The second kappa shape index (κ2) is 8.43. The maximum absolute atomic E-state index is 13.4. The fraction of sp³-hybridized carbons (Fsp3) is 0.364. The molecule has 0 aliphatic carbocycles. The normalized spacial score (nSPS) is 16.9. The van der Waals surface area contributed by atoms with Crippen LogP contribution in [-0.2, 0) is 4.74 Å². The summed E-state index contributed by atoms with van der Waals surface area (Å²) in [6.07, 6.45) is 8.84. The topological polar surface area (TPSA) is 9.23 Å². The number of benzene rings is 2. The summed E-state index contributed by atoms with van der Waals surface area (Å²) in [6.45, 7) is 2.19. The van der Waals surface area contributed by atoms with Gasteiger partial charge in [0.25, 0.3) is 0 Å². The monoisotopic (exact) mass is 360 g/mol. The summed E-state index contributed by atoms with van der Waals surface area (Å²) >= 11 is 0. The molecule has 0 radical (unpaired) electrons. The van der Waals surface area contributed by atoms with Crippen LogP contribution in [-0.4, -0.2) is 6.10 Å². The Bertz CT molecular complexity index is 757. The van der Waals surface area contributed by atoms with E-state index in [1.165, 1.54) is 19.3 Å². The van der Waals surface area contributed by atoms with Gasteiger partial charge in [-0.1, -0.05) is 44.0 Å². The maximum atomic E-state index is 13.4. The number of hydrogen-bond acceptors (Lipinski definition) is 1. The van der Waals surface area contributed by atoms with E-state index in [9.17, 15) is 13.2 Å². The molecule has 1 atom stereocenters. The van der Waals surface area contributed by atoms with Crippen molar-refractivity contribution >= 4 is 5.57 Å². The lowest BCUT2D eigenvalue weighted by Crippen LogP contribution is -2.14. The third-order valence-electron chi connectivity index (χ3n) is 4.84. The maximum Gasteiger partial charge on any atom is 0.194 e. The molecule has 0 fully saturated rings. The van der Waals surface area contributed by atoms with E-state index >= 15 is 0 Å². The Morgan fingerprint density at radius 1 is 0.923 bits per heavy atom. The molecule has 2 aromatic carbocycles. The molecule has 1 aliphatic heterocycles. The van der Waals surface area contributed by atoms with Crippen molar-refractivity contribution in [2.24, 2.45) is 0 Å². The van der Waals surface area contributed by atoms with Gasteiger partial charge in [-0.3, -0.25) is 0 Å². The molecule has 3 rings (SSSR count). The number of unbranched alkanes of at least 4 members (excludes halogenated alkanes) is 2. The van der Waals surface area contributed by atoms with Crippen molar-refractivity contribution in [1.29, 1.82) is 0 Å². The average molecular weight is 360 g/mol. The van der Waals surface area contributed by atoms with Crippen LogP contribution in [0.2, 0.25) is 0 Å². The van der Waals surface area contributed by atoms with Crippen molar-refractivity contribution in [1.82, 2.24) is 0 Å². The second-order valence-electron chi connectivity index (χ2n) is 6.77. The summed E-state index contributed by atoms with van der Waals surface area (Å²) in [6, 6.07) is 9.40. The molecule has 26 heavy (non-hydrogen) atoms. The number of ether oxygens (including phenoxy) is 1. The van der Waals surface area contributed by atoms with Crippen LogP contribution in [0.3, 0.4) is 0 Å².